The summed E-state index contributed by atoms with van der Waals surface area (Å²) < 4.78 is 0. The summed E-state index contributed by atoms with van der Waals surface area (Å²) >= 11 is 11.9. The number of aromatic nitrogens is 1. The number of benzene rings is 1. The number of amides is 1. The van der Waals surface area contributed by atoms with Gasteiger partial charge in [0.1, 0.15) is 6.54 Å². The molecule has 0 radical (unpaired) electrons. The molecule has 0 atom stereocenters. The molecule has 1 amide bonds. The Balaban J connectivity index is 1.58. The summed E-state index contributed by atoms with van der Waals surface area (Å²) in [7, 11) is 0. The van der Waals surface area contributed by atoms with Crippen molar-refractivity contribution in [2.24, 2.45) is 0 Å². The normalized spacial score (nSPS) is 15.7. The quantitative estimate of drug-likeness (QED) is 0.918. The highest BCUT2D eigenvalue weighted by molar-refractivity contribution is 6.42. The fraction of sp³-hybridized carbons (Fsp3) is 0.294. The second kappa shape index (κ2) is 7.30. The lowest BCUT2D eigenvalue weighted by Gasteiger charge is -2.32. The van der Waals surface area contributed by atoms with Crippen LogP contribution in [0.15, 0.2) is 42.7 Å². The van der Waals surface area contributed by atoms with Gasteiger partial charge in [-0.3, -0.25) is 9.78 Å². The predicted octanol–water partition coefficient (Wildman–Crippen LogP) is 1.93. The van der Waals surface area contributed by atoms with Gasteiger partial charge in [-0.05, 0) is 30.3 Å². The predicted molar refractivity (Wildman–Crippen MR) is 91.0 cm³/mol. The molecular formula is C17H18Cl2N3O+. The van der Waals surface area contributed by atoms with Crippen molar-refractivity contribution in [1.29, 1.82) is 0 Å². The van der Waals surface area contributed by atoms with E-state index in [1.807, 2.05) is 29.4 Å². The summed E-state index contributed by atoms with van der Waals surface area (Å²) in [6.07, 6.45) is 3.64. The highest BCUT2D eigenvalue weighted by Crippen LogP contribution is 2.23. The number of nitrogens with one attached hydrogen (secondary N) is 1. The first-order valence-electron chi connectivity index (χ1n) is 7.60. The van der Waals surface area contributed by atoms with Gasteiger partial charge in [0.15, 0.2) is 0 Å². The van der Waals surface area contributed by atoms with Crippen LogP contribution in [0.2, 0.25) is 10.0 Å². The number of hydrogen-bond donors (Lipinski definition) is 1. The maximum atomic E-state index is 12.5. The van der Waals surface area contributed by atoms with Gasteiger partial charge in [0.05, 0.1) is 36.2 Å². The van der Waals surface area contributed by atoms with Crippen molar-refractivity contribution in [2.75, 3.05) is 26.2 Å². The fourth-order valence-corrected chi connectivity index (χ4v) is 3.10. The van der Waals surface area contributed by atoms with Crippen LogP contribution < -0.4 is 4.90 Å². The lowest BCUT2D eigenvalue weighted by molar-refractivity contribution is -0.917. The van der Waals surface area contributed by atoms with Gasteiger partial charge < -0.3 is 9.80 Å². The molecule has 0 unspecified atom stereocenters. The fourth-order valence-electron chi connectivity index (χ4n) is 2.80. The maximum Gasteiger partial charge on any atom is 0.254 e. The summed E-state index contributed by atoms with van der Waals surface area (Å²) in [6.45, 7) is 4.35. The van der Waals surface area contributed by atoms with E-state index in [4.69, 9.17) is 23.2 Å². The Kier molecular flexibility index (Phi) is 5.16. The van der Waals surface area contributed by atoms with Crippen molar-refractivity contribution in [3.8, 4) is 0 Å². The van der Waals surface area contributed by atoms with Gasteiger partial charge in [-0.2, -0.15) is 0 Å². The second-order valence-electron chi connectivity index (χ2n) is 5.70. The van der Waals surface area contributed by atoms with Crippen molar-refractivity contribution in [3.63, 3.8) is 0 Å². The summed E-state index contributed by atoms with van der Waals surface area (Å²) in [6, 6.07) is 9.12. The SMILES string of the molecule is O=C(c1ccc(Cl)c(Cl)c1)N1CC[NH+](Cc2ccncc2)CC1. The van der Waals surface area contributed by atoms with Crippen LogP contribution in [0.1, 0.15) is 15.9 Å². The third-order valence-electron chi connectivity index (χ3n) is 4.13. The van der Waals surface area contributed by atoms with Crippen LogP contribution in [0.3, 0.4) is 0 Å². The minimum atomic E-state index is 0.0199. The summed E-state index contributed by atoms with van der Waals surface area (Å²) in [5, 5.41) is 0.884. The summed E-state index contributed by atoms with van der Waals surface area (Å²) in [5.74, 6) is 0.0199. The van der Waals surface area contributed by atoms with E-state index in [0.717, 1.165) is 32.7 Å². The molecule has 23 heavy (non-hydrogen) atoms. The van der Waals surface area contributed by atoms with Crippen LogP contribution in [-0.2, 0) is 6.54 Å². The van der Waals surface area contributed by atoms with Crippen LogP contribution in [0.25, 0.3) is 0 Å². The van der Waals surface area contributed by atoms with Crippen LogP contribution in [0.5, 0.6) is 0 Å². The number of carbonyl (C=O) groups is 1. The molecule has 6 heteroatoms. The number of hydrogen-bond acceptors (Lipinski definition) is 2. The monoisotopic (exact) mass is 350 g/mol. The molecule has 1 aliphatic rings. The largest absolute Gasteiger partial charge is 0.328 e. The zero-order valence-electron chi connectivity index (χ0n) is 12.6. The number of halogens is 2. The zero-order chi connectivity index (χ0) is 16.2. The number of piperazine rings is 1. The van der Waals surface area contributed by atoms with Gasteiger partial charge in [-0.25, -0.2) is 0 Å². The molecule has 1 aliphatic heterocycles. The first-order chi connectivity index (χ1) is 11.1. The van der Waals surface area contributed by atoms with E-state index in [1.165, 1.54) is 10.5 Å². The van der Waals surface area contributed by atoms with Crippen molar-refractivity contribution >= 4 is 29.1 Å². The average molecular weight is 351 g/mol. The van der Waals surface area contributed by atoms with Gasteiger partial charge in [0.2, 0.25) is 0 Å². The van der Waals surface area contributed by atoms with Gasteiger partial charge in [-0.15, -0.1) is 0 Å². The number of nitrogens with zero attached hydrogens (tertiary/aromatic N) is 2. The summed E-state index contributed by atoms with van der Waals surface area (Å²) in [4.78, 5) is 19.9. The molecule has 3 rings (SSSR count). The number of quaternary nitrogens is 1. The summed E-state index contributed by atoms with van der Waals surface area (Å²) in [5.41, 5.74) is 1.87. The number of pyridine rings is 1. The topological polar surface area (TPSA) is 37.6 Å². The minimum Gasteiger partial charge on any atom is -0.328 e. The lowest BCUT2D eigenvalue weighted by atomic mass is 10.1. The molecule has 1 N–H and O–H groups in total. The van der Waals surface area contributed by atoms with Crippen LogP contribution in [-0.4, -0.2) is 42.0 Å². The Morgan fingerprint density at radius 1 is 1.09 bits per heavy atom. The number of carbonyl (C=O) groups excluding carboxylic acids is 1. The maximum absolute atomic E-state index is 12.5. The number of rotatable bonds is 3. The zero-order valence-corrected chi connectivity index (χ0v) is 14.1. The van der Waals surface area contributed by atoms with Crippen molar-refractivity contribution in [3.05, 3.63) is 63.9 Å². The Hall–Kier alpha value is -1.62. The van der Waals surface area contributed by atoms with Crippen molar-refractivity contribution in [2.45, 2.75) is 6.54 Å². The third-order valence-corrected chi connectivity index (χ3v) is 4.87. The van der Waals surface area contributed by atoms with Crippen molar-refractivity contribution < 1.29 is 9.69 Å². The van der Waals surface area contributed by atoms with Gasteiger partial charge in [0, 0.05) is 23.5 Å². The molecule has 1 saturated heterocycles. The highest BCUT2D eigenvalue weighted by atomic mass is 35.5. The van der Waals surface area contributed by atoms with Crippen LogP contribution in [0, 0.1) is 0 Å². The molecule has 1 fully saturated rings. The molecule has 2 aromatic rings. The molecule has 120 valence electrons. The third kappa shape index (κ3) is 4.02. The molecule has 2 heterocycles. The van der Waals surface area contributed by atoms with Crippen LogP contribution >= 0.6 is 23.2 Å². The molecule has 1 aromatic heterocycles. The Morgan fingerprint density at radius 3 is 2.43 bits per heavy atom. The molecule has 1 aromatic carbocycles. The van der Waals surface area contributed by atoms with E-state index in [-0.39, 0.29) is 5.91 Å². The first-order valence-corrected chi connectivity index (χ1v) is 8.36. The Bertz CT molecular complexity index is 685. The second-order valence-corrected chi connectivity index (χ2v) is 6.52. The van der Waals surface area contributed by atoms with Gasteiger partial charge in [-0.1, -0.05) is 23.2 Å². The first kappa shape index (κ1) is 16.2. The Morgan fingerprint density at radius 2 is 1.78 bits per heavy atom. The standard InChI is InChI=1S/C17H17Cl2N3O/c18-15-2-1-14(11-16(15)19)17(23)22-9-7-21(8-10-22)12-13-3-5-20-6-4-13/h1-6,11H,7-10,12H2/p+1. The van der Waals surface area contributed by atoms with Gasteiger partial charge >= 0.3 is 0 Å². The van der Waals surface area contributed by atoms with Gasteiger partial charge in [0.25, 0.3) is 5.91 Å². The molecular weight excluding hydrogens is 333 g/mol. The van der Waals surface area contributed by atoms with E-state index in [0.29, 0.717) is 15.6 Å². The highest BCUT2D eigenvalue weighted by Gasteiger charge is 2.24. The molecule has 4 nitrogen and oxygen atoms in total. The van der Waals surface area contributed by atoms with E-state index < -0.39 is 0 Å². The van der Waals surface area contributed by atoms with E-state index >= 15 is 0 Å². The van der Waals surface area contributed by atoms with Crippen molar-refractivity contribution in [1.82, 2.24) is 9.88 Å². The molecule has 0 spiro atoms. The van der Waals surface area contributed by atoms with E-state index in [1.54, 1.807) is 18.2 Å². The average Bonchev–Trinajstić information content (AvgIpc) is 2.58. The Labute approximate surface area is 145 Å². The van der Waals surface area contributed by atoms with E-state index in [9.17, 15) is 4.79 Å². The van der Waals surface area contributed by atoms with Crippen LogP contribution in [0.4, 0.5) is 0 Å². The smallest absolute Gasteiger partial charge is 0.254 e. The molecule has 0 bridgehead atoms. The molecule has 0 aliphatic carbocycles. The molecule has 0 saturated carbocycles. The lowest BCUT2D eigenvalue weighted by Crippen LogP contribution is -3.13. The minimum absolute atomic E-state index is 0.0199. The van der Waals surface area contributed by atoms with E-state index in [2.05, 4.69) is 4.98 Å².